The number of aliphatic hydroxyl groups excluding tert-OH is 1. The summed E-state index contributed by atoms with van der Waals surface area (Å²) in [6.45, 7) is 7.01. The van der Waals surface area contributed by atoms with Gasteiger partial charge in [0.25, 0.3) is 0 Å². The number of thiophene rings is 1. The number of nitrogens with one attached hydrogen (secondary N) is 1. The zero-order chi connectivity index (χ0) is 15.2. The van der Waals surface area contributed by atoms with Crippen LogP contribution in [0.15, 0.2) is 27.4 Å². The van der Waals surface area contributed by atoms with Crippen molar-refractivity contribution in [3.05, 3.63) is 27.4 Å². The first-order valence-corrected chi connectivity index (χ1v) is 9.23. The van der Waals surface area contributed by atoms with Crippen LogP contribution < -0.4 is 5.32 Å². The van der Waals surface area contributed by atoms with Crippen LogP contribution in [0.2, 0.25) is 0 Å². The summed E-state index contributed by atoms with van der Waals surface area (Å²) in [5, 5.41) is 12.2. The molecule has 0 bridgehead atoms. The molecule has 0 amide bonds. The van der Waals surface area contributed by atoms with Gasteiger partial charge in [0.1, 0.15) is 4.90 Å². The molecule has 1 aromatic heterocycles. The van der Waals surface area contributed by atoms with Gasteiger partial charge in [0.05, 0.1) is 10.4 Å². The van der Waals surface area contributed by atoms with Gasteiger partial charge in [-0.3, -0.25) is 0 Å². The molecule has 0 aromatic carbocycles. The molecule has 0 radical (unpaired) electrons. The van der Waals surface area contributed by atoms with Crippen LogP contribution in [0.1, 0.15) is 11.8 Å². The molecule has 0 aliphatic rings. The molecule has 0 saturated heterocycles. The Labute approximate surface area is 132 Å². The van der Waals surface area contributed by atoms with Gasteiger partial charge in [-0.2, -0.15) is 4.31 Å². The summed E-state index contributed by atoms with van der Waals surface area (Å²) in [5.74, 6) is 0. The van der Waals surface area contributed by atoms with Crippen LogP contribution in [0.4, 0.5) is 0 Å². The zero-order valence-corrected chi connectivity index (χ0v) is 14.5. The highest BCUT2D eigenvalue weighted by Gasteiger charge is 2.27. The van der Waals surface area contributed by atoms with Gasteiger partial charge in [-0.15, -0.1) is 17.9 Å². The van der Waals surface area contributed by atoms with Crippen LogP contribution in [0.25, 0.3) is 0 Å². The summed E-state index contributed by atoms with van der Waals surface area (Å²) in [5.41, 5.74) is 0. The summed E-state index contributed by atoms with van der Waals surface area (Å²) < 4.78 is 26.9. The number of hydrogen-bond acceptors (Lipinski definition) is 5. The molecule has 0 atom stereocenters. The van der Waals surface area contributed by atoms with Crippen molar-refractivity contribution in [2.45, 2.75) is 18.4 Å². The number of aliphatic hydroxyl groups is 1. The number of hydrogen-bond donors (Lipinski definition) is 2. The summed E-state index contributed by atoms with van der Waals surface area (Å²) >= 11 is 4.71. The second-order valence-electron chi connectivity index (χ2n) is 4.01. The molecule has 1 aromatic rings. The van der Waals surface area contributed by atoms with E-state index >= 15 is 0 Å². The molecule has 0 saturated carbocycles. The fraction of sp³-hybridized carbons (Fsp3) is 0.500. The van der Waals surface area contributed by atoms with Crippen LogP contribution in [-0.4, -0.2) is 44.1 Å². The van der Waals surface area contributed by atoms with Gasteiger partial charge >= 0.3 is 0 Å². The van der Waals surface area contributed by atoms with Gasteiger partial charge in [0.2, 0.25) is 10.0 Å². The SMILES string of the molecule is C=CCN(CCO)S(=O)(=O)c1cc(CNCC)sc1Br. The third kappa shape index (κ3) is 4.37. The first-order chi connectivity index (χ1) is 9.47. The molecule has 8 heteroatoms. The Hall–Kier alpha value is -0.250. The van der Waals surface area contributed by atoms with Crippen molar-refractivity contribution in [3.63, 3.8) is 0 Å². The van der Waals surface area contributed by atoms with Crippen molar-refractivity contribution >= 4 is 37.3 Å². The zero-order valence-electron chi connectivity index (χ0n) is 11.3. The third-order valence-corrected chi connectivity index (χ3v) is 6.67. The average Bonchev–Trinajstić information content (AvgIpc) is 2.78. The van der Waals surface area contributed by atoms with Crippen molar-refractivity contribution < 1.29 is 13.5 Å². The Bertz CT molecular complexity index is 543. The van der Waals surface area contributed by atoms with E-state index < -0.39 is 10.0 Å². The van der Waals surface area contributed by atoms with Crippen molar-refractivity contribution in [3.8, 4) is 0 Å². The molecule has 0 unspecified atom stereocenters. The summed E-state index contributed by atoms with van der Waals surface area (Å²) in [6, 6.07) is 1.67. The molecule has 0 spiro atoms. The molecule has 1 heterocycles. The predicted molar refractivity (Wildman–Crippen MR) is 85.4 cm³/mol. The topological polar surface area (TPSA) is 69.6 Å². The molecule has 2 N–H and O–H groups in total. The summed E-state index contributed by atoms with van der Waals surface area (Å²) in [4.78, 5) is 1.19. The number of nitrogens with zero attached hydrogens (tertiary/aromatic N) is 1. The lowest BCUT2D eigenvalue weighted by Gasteiger charge is -2.19. The highest BCUT2D eigenvalue weighted by Crippen LogP contribution is 2.33. The predicted octanol–water partition coefficient (Wildman–Crippen LogP) is 1.79. The second-order valence-corrected chi connectivity index (χ2v) is 8.37. The largest absolute Gasteiger partial charge is 0.395 e. The van der Waals surface area contributed by atoms with E-state index in [-0.39, 0.29) is 24.6 Å². The molecule has 0 aliphatic carbocycles. The Morgan fingerprint density at radius 2 is 2.30 bits per heavy atom. The van der Waals surface area contributed by atoms with Gasteiger partial charge < -0.3 is 10.4 Å². The lowest BCUT2D eigenvalue weighted by Crippen LogP contribution is -2.33. The van der Waals surface area contributed by atoms with Crippen LogP contribution in [0, 0.1) is 0 Å². The summed E-state index contributed by atoms with van der Waals surface area (Å²) in [6.07, 6.45) is 1.51. The molecule has 114 valence electrons. The molecule has 0 fully saturated rings. The first-order valence-electron chi connectivity index (χ1n) is 6.18. The van der Waals surface area contributed by atoms with Crippen LogP contribution in [0.3, 0.4) is 0 Å². The maximum Gasteiger partial charge on any atom is 0.245 e. The minimum atomic E-state index is -3.62. The van der Waals surface area contributed by atoms with Crippen LogP contribution >= 0.6 is 27.3 Å². The van der Waals surface area contributed by atoms with Crippen LogP contribution in [-0.2, 0) is 16.6 Å². The number of sulfonamides is 1. The van der Waals surface area contributed by atoms with E-state index in [1.54, 1.807) is 6.07 Å². The first kappa shape index (κ1) is 17.8. The van der Waals surface area contributed by atoms with E-state index in [2.05, 4.69) is 27.8 Å². The monoisotopic (exact) mass is 382 g/mol. The van der Waals surface area contributed by atoms with Gasteiger partial charge in [-0.1, -0.05) is 13.0 Å². The lowest BCUT2D eigenvalue weighted by atomic mass is 10.4. The van der Waals surface area contributed by atoms with Gasteiger partial charge in [-0.25, -0.2) is 8.42 Å². The number of halogens is 1. The van der Waals surface area contributed by atoms with Crippen molar-refractivity contribution in [1.82, 2.24) is 9.62 Å². The standard InChI is InChI=1S/C12H19BrN2O3S2/c1-3-5-15(6-7-16)20(17,18)11-8-10(9-14-4-2)19-12(11)13/h3,8,14,16H,1,4-7,9H2,2H3. The normalized spacial score (nSPS) is 12.0. The maximum atomic E-state index is 12.5. The molecular formula is C12H19BrN2O3S2. The smallest absolute Gasteiger partial charge is 0.245 e. The third-order valence-electron chi connectivity index (χ3n) is 2.56. The fourth-order valence-electron chi connectivity index (χ4n) is 1.61. The highest BCUT2D eigenvalue weighted by atomic mass is 79.9. The molecule has 1 rings (SSSR count). The second kappa shape index (κ2) is 8.26. The van der Waals surface area contributed by atoms with Crippen molar-refractivity contribution in [2.24, 2.45) is 0 Å². The molecule has 0 aliphatic heterocycles. The average molecular weight is 383 g/mol. The Morgan fingerprint density at radius 3 is 2.85 bits per heavy atom. The maximum absolute atomic E-state index is 12.5. The minimum absolute atomic E-state index is 0.0547. The Balaban J connectivity index is 3.06. The van der Waals surface area contributed by atoms with E-state index in [1.807, 2.05) is 6.92 Å². The number of rotatable bonds is 9. The van der Waals surface area contributed by atoms with Gasteiger partial charge in [-0.05, 0) is 28.5 Å². The van der Waals surface area contributed by atoms with E-state index in [0.717, 1.165) is 11.4 Å². The molecular weight excluding hydrogens is 364 g/mol. The highest BCUT2D eigenvalue weighted by molar-refractivity contribution is 9.11. The van der Waals surface area contributed by atoms with E-state index in [1.165, 1.54) is 21.7 Å². The summed E-state index contributed by atoms with van der Waals surface area (Å²) in [7, 11) is -3.62. The Kier molecular flexibility index (Phi) is 7.35. The molecule has 5 nitrogen and oxygen atoms in total. The van der Waals surface area contributed by atoms with Gasteiger partial charge in [0.15, 0.2) is 0 Å². The van der Waals surface area contributed by atoms with E-state index in [9.17, 15) is 8.42 Å². The van der Waals surface area contributed by atoms with Crippen LogP contribution in [0.5, 0.6) is 0 Å². The van der Waals surface area contributed by atoms with E-state index in [4.69, 9.17) is 5.11 Å². The quantitative estimate of drug-likeness (QED) is 0.638. The Morgan fingerprint density at radius 1 is 1.60 bits per heavy atom. The molecule has 20 heavy (non-hydrogen) atoms. The van der Waals surface area contributed by atoms with E-state index in [0.29, 0.717) is 10.3 Å². The van der Waals surface area contributed by atoms with Gasteiger partial charge in [0, 0.05) is 24.5 Å². The van der Waals surface area contributed by atoms with Crippen molar-refractivity contribution in [1.29, 1.82) is 0 Å². The lowest BCUT2D eigenvalue weighted by molar-refractivity contribution is 0.260. The fourth-order valence-corrected chi connectivity index (χ4v) is 5.62. The van der Waals surface area contributed by atoms with Crippen molar-refractivity contribution in [2.75, 3.05) is 26.2 Å². The minimum Gasteiger partial charge on any atom is -0.395 e.